The summed E-state index contributed by atoms with van der Waals surface area (Å²) in [5.74, 6) is 0.0540. The van der Waals surface area contributed by atoms with Crippen molar-refractivity contribution in [1.29, 1.82) is 0 Å². The molecule has 1 aromatic heterocycles. The number of benzene rings is 2. The number of nitrogens with one attached hydrogen (secondary N) is 3. The van der Waals surface area contributed by atoms with Crippen molar-refractivity contribution in [2.75, 3.05) is 17.2 Å². The second-order valence-corrected chi connectivity index (χ2v) is 5.22. The van der Waals surface area contributed by atoms with E-state index in [1.54, 1.807) is 42.6 Å². The van der Waals surface area contributed by atoms with Crippen molar-refractivity contribution in [1.82, 2.24) is 10.2 Å². The summed E-state index contributed by atoms with van der Waals surface area (Å²) in [5, 5.41) is 13.2. The second kappa shape index (κ2) is 6.82. The lowest BCUT2D eigenvalue weighted by atomic mass is 10.2. The van der Waals surface area contributed by atoms with E-state index in [1.807, 2.05) is 6.07 Å². The van der Waals surface area contributed by atoms with Crippen molar-refractivity contribution >= 4 is 34.1 Å². The number of amides is 2. The number of ether oxygens (including phenoxy) is 1. The molecule has 24 heavy (non-hydrogen) atoms. The first-order valence-corrected chi connectivity index (χ1v) is 7.33. The van der Waals surface area contributed by atoms with Gasteiger partial charge in [-0.2, -0.15) is 5.10 Å². The molecule has 0 aliphatic carbocycles. The summed E-state index contributed by atoms with van der Waals surface area (Å²) >= 11 is 0. The molecule has 3 aromatic rings. The number of aromatic amines is 1. The molecule has 1 heterocycles. The van der Waals surface area contributed by atoms with Crippen LogP contribution in [0.1, 0.15) is 6.92 Å². The maximum Gasteiger partial charge on any atom is 0.262 e. The van der Waals surface area contributed by atoms with Gasteiger partial charge in [0.05, 0.1) is 11.7 Å². The van der Waals surface area contributed by atoms with E-state index >= 15 is 0 Å². The third-order valence-corrected chi connectivity index (χ3v) is 3.25. The van der Waals surface area contributed by atoms with E-state index in [0.717, 1.165) is 10.9 Å². The van der Waals surface area contributed by atoms with Gasteiger partial charge in [0.25, 0.3) is 5.91 Å². The molecule has 0 fully saturated rings. The van der Waals surface area contributed by atoms with Gasteiger partial charge >= 0.3 is 0 Å². The van der Waals surface area contributed by atoms with E-state index in [0.29, 0.717) is 17.1 Å². The van der Waals surface area contributed by atoms with Gasteiger partial charge in [0.1, 0.15) is 5.75 Å². The lowest BCUT2D eigenvalue weighted by molar-refractivity contribution is -0.118. The normalized spacial score (nSPS) is 10.4. The minimum atomic E-state index is -0.279. The Morgan fingerprint density at radius 2 is 1.96 bits per heavy atom. The van der Waals surface area contributed by atoms with Crippen molar-refractivity contribution in [2.45, 2.75) is 6.92 Å². The molecule has 0 atom stereocenters. The number of H-pyrrole nitrogens is 1. The molecule has 0 spiro atoms. The number of rotatable bonds is 5. The molecule has 122 valence electrons. The Hall–Kier alpha value is -3.35. The average molecular weight is 324 g/mol. The predicted octanol–water partition coefficient (Wildman–Crippen LogP) is 2.54. The second-order valence-electron chi connectivity index (χ2n) is 5.22. The van der Waals surface area contributed by atoms with Crippen LogP contribution in [0.15, 0.2) is 48.7 Å². The molecule has 0 unspecified atom stereocenters. The highest BCUT2D eigenvalue weighted by molar-refractivity contribution is 5.94. The highest BCUT2D eigenvalue weighted by atomic mass is 16.5. The van der Waals surface area contributed by atoms with Crippen molar-refractivity contribution < 1.29 is 14.3 Å². The van der Waals surface area contributed by atoms with Crippen molar-refractivity contribution in [3.8, 4) is 5.75 Å². The number of carbonyl (C=O) groups excluding carboxylic acids is 2. The summed E-state index contributed by atoms with van der Waals surface area (Å²) < 4.78 is 5.45. The van der Waals surface area contributed by atoms with Gasteiger partial charge in [0, 0.05) is 29.8 Å². The molecule has 0 saturated carbocycles. The molecule has 0 saturated heterocycles. The molecular weight excluding hydrogens is 308 g/mol. The van der Waals surface area contributed by atoms with Crippen molar-refractivity contribution in [3.05, 3.63) is 48.7 Å². The lowest BCUT2D eigenvalue weighted by Crippen LogP contribution is -2.20. The van der Waals surface area contributed by atoms with Gasteiger partial charge in [-0.3, -0.25) is 14.7 Å². The summed E-state index contributed by atoms with van der Waals surface area (Å²) in [4.78, 5) is 23.0. The minimum absolute atomic E-state index is 0.134. The van der Waals surface area contributed by atoms with Crippen LogP contribution in [-0.2, 0) is 9.59 Å². The van der Waals surface area contributed by atoms with Crippen molar-refractivity contribution in [2.24, 2.45) is 0 Å². The monoisotopic (exact) mass is 324 g/mol. The van der Waals surface area contributed by atoms with E-state index in [1.165, 1.54) is 6.92 Å². The average Bonchev–Trinajstić information content (AvgIpc) is 3.00. The highest BCUT2D eigenvalue weighted by Gasteiger charge is 2.06. The topological polar surface area (TPSA) is 96.1 Å². The number of aromatic nitrogens is 2. The van der Waals surface area contributed by atoms with E-state index in [2.05, 4.69) is 20.8 Å². The molecular formula is C17H16N4O3. The van der Waals surface area contributed by atoms with E-state index < -0.39 is 0 Å². The minimum Gasteiger partial charge on any atom is -0.484 e. The summed E-state index contributed by atoms with van der Waals surface area (Å²) in [6.45, 7) is 1.29. The molecule has 3 N–H and O–H groups in total. The highest BCUT2D eigenvalue weighted by Crippen LogP contribution is 2.18. The molecule has 7 nitrogen and oxygen atoms in total. The number of hydrogen-bond acceptors (Lipinski definition) is 4. The maximum absolute atomic E-state index is 12.0. The standard InChI is InChI=1S/C17H16N4O3/c1-11(22)19-13-3-2-4-15(7-13)24-10-17(23)20-14-6-5-12-9-18-21-16(12)8-14/h2-9H,10H2,1H3,(H,18,21)(H,19,22)(H,20,23). The Balaban J connectivity index is 1.58. The Bertz CT molecular complexity index is 888. The first-order chi connectivity index (χ1) is 11.6. The smallest absolute Gasteiger partial charge is 0.262 e. The van der Waals surface area contributed by atoms with Crippen LogP contribution in [-0.4, -0.2) is 28.6 Å². The SMILES string of the molecule is CC(=O)Nc1cccc(OCC(=O)Nc2ccc3cn[nH]c3c2)c1. The number of hydrogen-bond donors (Lipinski definition) is 3. The zero-order valence-electron chi connectivity index (χ0n) is 13.0. The number of fused-ring (bicyclic) bond motifs is 1. The summed E-state index contributed by atoms with van der Waals surface area (Å²) in [7, 11) is 0. The zero-order chi connectivity index (χ0) is 16.9. The summed E-state index contributed by atoms with van der Waals surface area (Å²) in [6.07, 6.45) is 1.71. The molecule has 7 heteroatoms. The van der Waals surface area contributed by atoms with Crippen LogP contribution in [0.5, 0.6) is 5.75 Å². The Labute approximate surface area is 138 Å². The third kappa shape index (κ3) is 3.89. The largest absolute Gasteiger partial charge is 0.484 e. The maximum atomic E-state index is 12.0. The lowest BCUT2D eigenvalue weighted by Gasteiger charge is -2.09. The fourth-order valence-corrected chi connectivity index (χ4v) is 2.23. The molecule has 3 rings (SSSR count). The van der Waals surface area contributed by atoms with Gasteiger partial charge in [-0.25, -0.2) is 0 Å². The molecule has 0 bridgehead atoms. The molecule has 0 aliphatic heterocycles. The fourth-order valence-electron chi connectivity index (χ4n) is 2.23. The van der Waals surface area contributed by atoms with Crippen LogP contribution >= 0.6 is 0 Å². The Morgan fingerprint density at radius 1 is 1.12 bits per heavy atom. The van der Waals surface area contributed by atoms with E-state index in [4.69, 9.17) is 4.74 Å². The first-order valence-electron chi connectivity index (χ1n) is 7.33. The Morgan fingerprint density at radius 3 is 2.79 bits per heavy atom. The zero-order valence-corrected chi connectivity index (χ0v) is 13.0. The van der Waals surface area contributed by atoms with Gasteiger partial charge in [-0.1, -0.05) is 6.07 Å². The van der Waals surface area contributed by atoms with E-state index in [-0.39, 0.29) is 18.4 Å². The van der Waals surface area contributed by atoms with Crippen LogP contribution in [0.3, 0.4) is 0 Å². The van der Waals surface area contributed by atoms with Gasteiger partial charge in [0.15, 0.2) is 6.61 Å². The van der Waals surface area contributed by atoms with Gasteiger partial charge < -0.3 is 15.4 Å². The van der Waals surface area contributed by atoms with Crippen LogP contribution in [0, 0.1) is 0 Å². The summed E-state index contributed by atoms with van der Waals surface area (Å²) in [6, 6.07) is 12.3. The van der Waals surface area contributed by atoms with Gasteiger partial charge in [-0.15, -0.1) is 0 Å². The van der Waals surface area contributed by atoms with Crippen molar-refractivity contribution in [3.63, 3.8) is 0 Å². The molecule has 2 aromatic carbocycles. The third-order valence-electron chi connectivity index (χ3n) is 3.25. The predicted molar refractivity (Wildman–Crippen MR) is 91.0 cm³/mol. The van der Waals surface area contributed by atoms with Gasteiger partial charge in [-0.05, 0) is 30.3 Å². The Kier molecular flexibility index (Phi) is 4.42. The number of nitrogens with zero attached hydrogens (tertiary/aromatic N) is 1. The van der Waals surface area contributed by atoms with Crippen LogP contribution in [0.25, 0.3) is 10.9 Å². The van der Waals surface area contributed by atoms with E-state index in [9.17, 15) is 9.59 Å². The molecule has 0 aliphatic rings. The van der Waals surface area contributed by atoms with Crippen LogP contribution < -0.4 is 15.4 Å². The quantitative estimate of drug-likeness (QED) is 0.672. The first kappa shape index (κ1) is 15.5. The molecule has 2 amide bonds. The summed E-state index contributed by atoms with van der Waals surface area (Å²) in [5.41, 5.74) is 2.12. The van der Waals surface area contributed by atoms with Gasteiger partial charge in [0.2, 0.25) is 5.91 Å². The fraction of sp³-hybridized carbons (Fsp3) is 0.118. The number of carbonyl (C=O) groups is 2. The molecule has 0 radical (unpaired) electrons. The van der Waals surface area contributed by atoms with Crippen LogP contribution in [0.2, 0.25) is 0 Å². The van der Waals surface area contributed by atoms with Crippen LogP contribution in [0.4, 0.5) is 11.4 Å². The number of anilines is 2.